The smallest absolute Gasteiger partial charge is 0.337 e. The van der Waals surface area contributed by atoms with Crippen LogP contribution >= 0.6 is 23.5 Å². The van der Waals surface area contributed by atoms with E-state index in [1.807, 2.05) is 47.6 Å². The van der Waals surface area contributed by atoms with Crippen LogP contribution in [-0.2, 0) is 11.3 Å². The molecule has 1 N–H and O–H groups in total. The van der Waals surface area contributed by atoms with Crippen molar-refractivity contribution >= 4 is 35.2 Å². The summed E-state index contributed by atoms with van der Waals surface area (Å²) in [7, 11) is 1.35. The van der Waals surface area contributed by atoms with Crippen LogP contribution in [0.4, 0.5) is 5.69 Å². The molecule has 168 valence electrons. The van der Waals surface area contributed by atoms with E-state index in [1.165, 1.54) is 19.1 Å². The lowest BCUT2D eigenvalue weighted by atomic mass is 10.1. The quantitative estimate of drug-likeness (QED) is 0.334. The molecule has 6 nitrogen and oxygen atoms in total. The average molecular weight is 473 g/mol. The predicted octanol–water partition coefficient (Wildman–Crippen LogP) is 5.30. The van der Waals surface area contributed by atoms with Crippen LogP contribution in [-0.4, -0.2) is 35.8 Å². The number of carbonyl (C=O) groups is 1. The van der Waals surface area contributed by atoms with E-state index < -0.39 is 6.10 Å². The number of anilines is 1. The number of carbonyl (C=O) groups excluding carboxylic acids is 1. The maximum absolute atomic E-state index is 11.6. The number of pyridine rings is 1. The molecule has 0 amide bonds. The van der Waals surface area contributed by atoms with Crippen LogP contribution in [0, 0.1) is 6.92 Å². The van der Waals surface area contributed by atoms with Gasteiger partial charge in [0.1, 0.15) is 17.4 Å². The third kappa shape index (κ3) is 6.38. The summed E-state index contributed by atoms with van der Waals surface area (Å²) in [6.45, 7) is 4.31. The van der Waals surface area contributed by atoms with E-state index >= 15 is 0 Å². The second-order valence-electron chi connectivity index (χ2n) is 7.22. The molecule has 0 aliphatic rings. The van der Waals surface area contributed by atoms with Gasteiger partial charge in [-0.2, -0.15) is 0 Å². The highest BCUT2D eigenvalue weighted by Gasteiger charge is 2.19. The number of halogens is 1. The molecule has 8 heteroatoms. The molecule has 1 aromatic heterocycles. The zero-order valence-corrected chi connectivity index (χ0v) is 19.7. The van der Waals surface area contributed by atoms with Crippen molar-refractivity contribution in [2.24, 2.45) is 0 Å². The number of benzene rings is 2. The number of aliphatic hydroxyl groups excluding tert-OH is 1. The molecule has 3 aromatic rings. The van der Waals surface area contributed by atoms with Crippen LogP contribution < -0.4 is 9.04 Å². The van der Waals surface area contributed by atoms with Crippen molar-refractivity contribution in [3.8, 4) is 5.75 Å². The van der Waals surface area contributed by atoms with Crippen molar-refractivity contribution in [3.05, 3.63) is 82.5 Å². The summed E-state index contributed by atoms with van der Waals surface area (Å²) < 4.78 is 12.8. The number of aromatic nitrogens is 1. The maximum atomic E-state index is 11.6. The van der Waals surface area contributed by atoms with E-state index in [1.54, 1.807) is 31.3 Å². The number of aryl methyl sites for hydroxylation is 1. The molecule has 0 aliphatic heterocycles. The van der Waals surface area contributed by atoms with Gasteiger partial charge in [-0.05, 0) is 55.3 Å². The number of methoxy groups -OCH3 is 1. The highest BCUT2D eigenvalue weighted by Crippen LogP contribution is 2.39. The number of hydrogen-bond donors (Lipinski definition) is 1. The van der Waals surface area contributed by atoms with Gasteiger partial charge in [0.05, 0.1) is 31.0 Å². The summed E-state index contributed by atoms with van der Waals surface area (Å²) >= 11 is 7.81. The Labute approximate surface area is 197 Å². The fourth-order valence-electron chi connectivity index (χ4n) is 2.91. The Bertz CT molecular complexity index is 1050. The summed E-state index contributed by atoms with van der Waals surface area (Å²) in [6, 6.07) is 16.4. The normalized spacial score (nSPS) is 11.7. The van der Waals surface area contributed by atoms with Crippen LogP contribution in [0.5, 0.6) is 5.75 Å². The highest BCUT2D eigenvalue weighted by molar-refractivity contribution is 8.00. The van der Waals surface area contributed by atoms with Gasteiger partial charge in [-0.1, -0.05) is 29.8 Å². The number of esters is 1. The zero-order valence-electron chi connectivity index (χ0n) is 18.1. The molecule has 1 heterocycles. The Morgan fingerprint density at radius 3 is 2.59 bits per heavy atom. The fourth-order valence-corrected chi connectivity index (χ4v) is 4.07. The second-order valence-corrected chi connectivity index (χ2v) is 8.66. The van der Waals surface area contributed by atoms with E-state index in [-0.39, 0.29) is 12.6 Å². The Morgan fingerprint density at radius 2 is 1.97 bits per heavy atom. The van der Waals surface area contributed by atoms with E-state index in [0.29, 0.717) is 22.9 Å². The number of nitrogens with zero attached hydrogens (tertiary/aromatic N) is 2. The van der Waals surface area contributed by atoms with Gasteiger partial charge in [-0.3, -0.25) is 0 Å². The largest absolute Gasteiger partial charge is 0.487 e. The number of rotatable bonds is 9. The van der Waals surface area contributed by atoms with Gasteiger partial charge in [0.2, 0.25) is 0 Å². The molecule has 1 unspecified atom stereocenters. The monoisotopic (exact) mass is 472 g/mol. The van der Waals surface area contributed by atoms with E-state index in [4.69, 9.17) is 21.1 Å². The summed E-state index contributed by atoms with van der Waals surface area (Å²) in [5.74, 6) is 0.201. The van der Waals surface area contributed by atoms with Crippen molar-refractivity contribution in [2.75, 3.05) is 18.0 Å². The third-order valence-corrected chi connectivity index (χ3v) is 5.95. The molecule has 0 aliphatic carbocycles. The molecule has 2 aromatic carbocycles. The summed E-state index contributed by atoms with van der Waals surface area (Å²) in [6.07, 6.45) is 1.16. The first-order chi connectivity index (χ1) is 15.4. The third-order valence-electron chi connectivity index (χ3n) is 4.55. The van der Waals surface area contributed by atoms with Crippen LogP contribution in [0.25, 0.3) is 0 Å². The van der Waals surface area contributed by atoms with Crippen molar-refractivity contribution in [1.82, 2.24) is 4.98 Å². The number of aliphatic hydroxyl groups is 1. The zero-order chi connectivity index (χ0) is 23.1. The molecule has 0 spiro atoms. The molecule has 0 fully saturated rings. The Morgan fingerprint density at radius 1 is 1.22 bits per heavy atom. The highest BCUT2D eigenvalue weighted by atomic mass is 35.5. The summed E-state index contributed by atoms with van der Waals surface area (Å²) in [5, 5.41) is 11.5. The van der Waals surface area contributed by atoms with Gasteiger partial charge < -0.3 is 18.9 Å². The molecule has 0 radical (unpaired) electrons. The fraction of sp³-hybridized carbons (Fsp3) is 0.250. The van der Waals surface area contributed by atoms with Crippen LogP contribution in [0.2, 0.25) is 5.02 Å². The van der Waals surface area contributed by atoms with Crippen molar-refractivity contribution < 1.29 is 19.4 Å². The topological polar surface area (TPSA) is 71.9 Å². The molecule has 3 rings (SSSR count). The van der Waals surface area contributed by atoms with Crippen LogP contribution in [0.1, 0.15) is 28.4 Å². The summed E-state index contributed by atoms with van der Waals surface area (Å²) in [4.78, 5) is 16.0. The second kappa shape index (κ2) is 11.2. The van der Waals surface area contributed by atoms with E-state index in [0.717, 1.165) is 21.8 Å². The summed E-state index contributed by atoms with van der Waals surface area (Å²) in [5.41, 5.74) is 3.05. The van der Waals surface area contributed by atoms with Crippen molar-refractivity contribution in [1.29, 1.82) is 0 Å². The maximum Gasteiger partial charge on any atom is 0.337 e. The van der Waals surface area contributed by atoms with Crippen molar-refractivity contribution in [3.63, 3.8) is 0 Å². The molecule has 0 bridgehead atoms. The lowest BCUT2D eigenvalue weighted by Crippen LogP contribution is -2.25. The molecular weight excluding hydrogens is 448 g/mol. The Hall–Kier alpha value is -2.74. The molecule has 1 atom stereocenters. The number of hydrogen-bond acceptors (Lipinski definition) is 7. The van der Waals surface area contributed by atoms with E-state index in [2.05, 4.69) is 4.98 Å². The average Bonchev–Trinajstić information content (AvgIpc) is 2.79. The minimum Gasteiger partial charge on any atom is -0.487 e. The molecule has 32 heavy (non-hydrogen) atoms. The van der Waals surface area contributed by atoms with Crippen molar-refractivity contribution in [2.45, 2.75) is 31.6 Å². The van der Waals surface area contributed by atoms with E-state index in [9.17, 15) is 9.90 Å². The van der Waals surface area contributed by atoms with Gasteiger partial charge in [-0.25, -0.2) is 9.78 Å². The Balaban J connectivity index is 1.86. The van der Waals surface area contributed by atoms with Gasteiger partial charge >= 0.3 is 5.97 Å². The molecule has 0 saturated heterocycles. The lowest BCUT2D eigenvalue weighted by molar-refractivity contribution is 0.0600. The number of ether oxygens (including phenoxy) is 2. The first-order valence-electron chi connectivity index (χ1n) is 10.0. The first-order valence-corrected chi connectivity index (χ1v) is 11.2. The van der Waals surface area contributed by atoms with Crippen LogP contribution in [0.3, 0.4) is 0 Å². The molecular formula is C24H25ClN2O4S. The standard InChI is InChI=1S/C24H25ClN2O4S/c1-16-12-21(27(14-17(2)28)32-23-6-4-5-11-26-23)22(13-20(16)25)31-15-18-7-9-19(10-8-18)24(29)30-3/h4-13,17,28H,14-15H2,1-3H3. The van der Waals surface area contributed by atoms with Gasteiger partial charge in [0.15, 0.2) is 0 Å². The minimum absolute atomic E-state index is 0.282. The SMILES string of the molecule is COC(=O)c1ccc(COc2cc(Cl)c(C)cc2N(CC(C)O)Sc2ccccn2)cc1. The lowest BCUT2D eigenvalue weighted by Gasteiger charge is -2.27. The Kier molecular flexibility index (Phi) is 8.39. The van der Waals surface area contributed by atoms with Crippen LogP contribution in [0.15, 0.2) is 65.8 Å². The molecule has 0 saturated carbocycles. The van der Waals surface area contributed by atoms with Gasteiger partial charge in [0.25, 0.3) is 0 Å². The van der Waals surface area contributed by atoms with Gasteiger partial charge in [-0.15, -0.1) is 0 Å². The predicted molar refractivity (Wildman–Crippen MR) is 127 cm³/mol. The minimum atomic E-state index is -0.569. The van der Waals surface area contributed by atoms with Gasteiger partial charge in [0, 0.05) is 29.2 Å². The first kappa shape index (κ1) is 23.9.